The topological polar surface area (TPSA) is 78.0 Å². The first kappa shape index (κ1) is 19.6. The fourth-order valence-electron chi connectivity index (χ4n) is 3.04. The maximum Gasteiger partial charge on any atom is 0.191 e. The summed E-state index contributed by atoms with van der Waals surface area (Å²) in [6.45, 7) is 7.90. The van der Waals surface area contributed by atoms with Crippen molar-refractivity contribution in [3.63, 3.8) is 0 Å². The van der Waals surface area contributed by atoms with Crippen LogP contribution in [0.5, 0.6) is 0 Å². The second-order valence-corrected chi connectivity index (χ2v) is 6.86. The Labute approximate surface area is 166 Å². The van der Waals surface area contributed by atoms with E-state index in [0.29, 0.717) is 12.5 Å². The summed E-state index contributed by atoms with van der Waals surface area (Å²) >= 11 is 0. The molecule has 0 saturated carbocycles. The third-order valence-corrected chi connectivity index (χ3v) is 4.82. The lowest BCUT2D eigenvalue weighted by Crippen LogP contribution is -2.44. The normalized spacial score (nSPS) is 13.8. The van der Waals surface area contributed by atoms with Crippen molar-refractivity contribution in [2.45, 2.75) is 39.3 Å². The maximum absolute atomic E-state index is 4.77. The molecule has 0 fully saturated rings. The number of aromatic amines is 1. The first-order chi connectivity index (χ1) is 13.7. The number of rotatable bonds is 7. The average Bonchev–Trinajstić information content (AvgIpc) is 3.27. The Morgan fingerprint density at radius 3 is 2.64 bits per heavy atom. The SMILES string of the molecule is CCNC(=NCc1cccc(-c2ncn[nH]2)c1)NC(C)C(C)c1ccccc1. The van der Waals surface area contributed by atoms with Gasteiger partial charge in [0.05, 0.1) is 6.54 Å². The first-order valence-corrected chi connectivity index (χ1v) is 9.72. The predicted octanol–water partition coefficient (Wildman–Crippen LogP) is 3.72. The van der Waals surface area contributed by atoms with Crippen molar-refractivity contribution in [3.05, 3.63) is 72.1 Å². The van der Waals surface area contributed by atoms with Gasteiger partial charge in [-0.3, -0.25) is 5.10 Å². The molecule has 6 heteroatoms. The van der Waals surface area contributed by atoms with Gasteiger partial charge < -0.3 is 10.6 Å². The van der Waals surface area contributed by atoms with E-state index in [9.17, 15) is 0 Å². The summed E-state index contributed by atoms with van der Waals surface area (Å²) in [5, 5.41) is 13.7. The summed E-state index contributed by atoms with van der Waals surface area (Å²) in [4.78, 5) is 8.98. The van der Waals surface area contributed by atoms with Gasteiger partial charge in [-0.1, -0.05) is 55.5 Å². The number of nitrogens with zero attached hydrogens (tertiary/aromatic N) is 3. The zero-order valence-electron chi connectivity index (χ0n) is 16.7. The van der Waals surface area contributed by atoms with Crippen LogP contribution in [0, 0.1) is 0 Å². The Morgan fingerprint density at radius 1 is 1.11 bits per heavy atom. The third-order valence-electron chi connectivity index (χ3n) is 4.82. The van der Waals surface area contributed by atoms with E-state index in [2.05, 4.69) is 83.0 Å². The Hall–Kier alpha value is -3.15. The van der Waals surface area contributed by atoms with E-state index in [1.54, 1.807) is 0 Å². The van der Waals surface area contributed by atoms with Gasteiger partial charge in [0.2, 0.25) is 0 Å². The van der Waals surface area contributed by atoms with Crippen LogP contribution >= 0.6 is 0 Å². The Balaban J connectivity index is 1.68. The van der Waals surface area contributed by atoms with Crippen LogP contribution in [0.25, 0.3) is 11.4 Å². The molecule has 2 aromatic carbocycles. The lowest BCUT2D eigenvalue weighted by molar-refractivity contribution is 0.550. The highest BCUT2D eigenvalue weighted by Gasteiger charge is 2.15. The summed E-state index contributed by atoms with van der Waals surface area (Å²) in [7, 11) is 0. The van der Waals surface area contributed by atoms with Crippen LogP contribution in [-0.4, -0.2) is 33.7 Å². The monoisotopic (exact) mass is 376 g/mol. The van der Waals surface area contributed by atoms with Crippen LogP contribution in [0.2, 0.25) is 0 Å². The number of aliphatic imine (C=N–C) groups is 1. The minimum Gasteiger partial charge on any atom is -0.357 e. The Morgan fingerprint density at radius 2 is 1.93 bits per heavy atom. The van der Waals surface area contributed by atoms with Crippen LogP contribution in [0.3, 0.4) is 0 Å². The van der Waals surface area contributed by atoms with E-state index in [1.165, 1.54) is 11.9 Å². The highest BCUT2D eigenvalue weighted by molar-refractivity contribution is 5.80. The van der Waals surface area contributed by atoms with Crippen molar-refractivity contribution >= 4 is 5.96 Å². The van der Waals surface area contributed by atoms with E-state index >= 15 is 0 Å². The molecule has 28 heavy (non-hydrogen) atoms. The lowest BCUT2D eigenvalue weighted by Gasteiger charge is -2.24. The highest BCUT2D eigenvalue weighted by Crippen LogP contribution is 2.19. The van der Waals surface area contributed by atoms with E-state index in [0.717, 1.165) is 29.5 Å². The molecule has 0 aliphatic rings. The van der Waals surface area contributed by atoms with Crippen molar-refractivity contribution < 1.29 is 0 Å². The van der Waals surface area contributed by atoms with Crippen LogP contribution in [0.15, 0.2) is 65.9 Å². The molecule has 1 aromatic heterocycles. The zero-order chi connectivity index (χ0) is 19.8. The smallest absolute Gasteiger partial charge is 0.191 e. The van der Waals surface area contributed by atoms with E-state index in [-0.39, 0.29) is 6.04 Å². The third kappa shape index (κ3) is 5.19. The van der Waals surface area contributed by atoms with Crippen LogP contribution in [0.1, 0.15) is 37.8 Å². The van der Waals surface area contributed by atoms with E-state index in [4.69, 9.17) is 4.99 Å². The van der Waals surface area contributed by atoms with Gasteiger partial charge in [0, 0.05) is 24.1 Å². The molecule has 2 unspecified atom stereocenters. The number of benzene rings is 2. The summed E-state index contributed by atoms with van der Waals surface area (Å²) < 4.78 is 0. The molecule has 0 aliphatic carbocycles. The summed E-state index contributed by atoms with van der Waals surface area (Å²) in [6, 6.07) is 19.0. The molecular weight excluding hydrogens is 348 g/mol. The molecule has 0 radical (unpaired) electrons. The largest absolute Gasteiger partial charge is 0.357 e. The minimum atomic E-state index is 0.251. The minimum absolute atomic E-state index is 0.251. The molecule has 0 aliphatic heterocycles. The lowest BCUT2D eigenvalue weighted by atomic mass is 9.94. The van der Waals surface area contributed by atoms with Gasteiger partial charge in [-0.25, -0.2) is 9.98 Å². The van der Waals surface area contributed by atoms with Crippen molar-refractivity contribution in [2.24, 2.45) is 4.99 Å². The average molecular weight is 377 g/mol. The first-order valence-electron chi connectivity index (χ1n) is 9.72. The quantitative estimate of drug-likeness (QED) is 0.434. The van der Waals surface area contributed by atoms with Crippen LogP contribution in [0.4, 0.5) is 0 Å². The summed E-state index contributed by atoms with van der Waals surface area (Å²) in [6.07, 6.45) is 1.52. The van der Waals surface area contributed by atoms with Gasteiger partial charge in [-0.2, -0.15) is 5.10 Å². The molecule has 0 saturated heterocycles. The summed E-state index contributed by atoms with van der Waals surface area (Å²) in [5.41, 5.74) is 3.45. The molecule has 6 nitrogen and oxygen atoms in total. The molecule has 146 valence electrons. The van der Waals surface area contributed by atoms with Gasteiger partial charge in [-0.15, -0.1) is 0 Å². The second-order valence-electron chi connectivity index (χ2n) is 6.86. The number of guanidine groups is 1. The molecule has 0 bridgehead atoms. The highest BCUT2D eigenvalue weighted by atomic mass is 15.2. The molecule has 0 amide bonds. The van der Waals surface area contributed by atoms with Crippen LogP contribution in [-0.2, 0) is 6.54 Å². The summed E-state index contributed by atoms with van der Waals surface area (Å²) in [5.74, 6) is 1.96. The van der Waals surface area contributed by atoms with Crippen molar-refractivity contribution in [1.29, 1.82) is 0 Å². The fourth-order valence-corrected chi connectivity index (χ4v) is 3.04. The Bertz CT molecular complexity index is 873. The molecular formula is C22H28N6. The molecule has 0 spiro atoms. The number of hydrogen-bond donors (Lipinski definition) is 3. The van der Waals surface area contributed by atoms with Crippen molar-refractivity contribution in [3.8, 4) is 11.4 Å². The number of aromatic nitrogens is 3. The second kappa shape index (κ2) is 9.69. The van der Waals surface area contributed by atoms with Crippen molar-refractivity contribution in [2.75, 3.05) is 6.54 Å². The predicted molar refractivity (Wildman–Crippen MR) is 114 cm³/mol. The van der Waals surface area contributed by atoms with Gasteiger partial charge >= 0.3 is 0 Å². The molecule has 3 rings (SSSR count). The molecule has 3 N–H and O–H groups in total. The van der Waals surface area contributed by atoms with E-state index in [1.807, 2.05) is 18.2 Å². The molecule has 3 aromatic rings. The van der Waals surface area contributed by atoms with Gasteiger partial charge in [-0.05, 0) is 31.0 Å². The van der Waals surface area contributed by atoms with Gasteiger partial charge in [0.25, 0.3) is 0 Å². The Kier molecular flexibility index (Phi) is 6.78. The number of nitrogens with one attached hydrogen (secondary N) is 3. The maximum atomic E-state index is 4.77. The zero-order valence-corrected chi connectivity index (χ0v) is 16.7. The van der Waals surface area contributed by atoms with Gasteiger partial charge in [0.1, 0.15) is 6.33 Å². The molecule has 2 atom stereocenters. The van der Waals surface area contributed by atoms with Crippen molar-refractivity contribution in [1.82, 2.24) is 25.8 Å². The van der Waals surface area contributed by atoms with Crippen LogP contribution < -0.4 is 10.6 Å². The number of H-pyrrole nitrogens is 1. The standard InChI is InChI=1S/C22H28N6/c1-4-23-22(27-17(3)16(2)19-10-6-5-7-11-19)24-14-18-9-8-12-20(13-18)21-25-15-26-28-21/h5-13,15-17H,4,14H2,1-3H3,(H2,23,24,27)(H,25,26,28). The number of hydrogen-bond acceptors (Lipinski definition) is 3. The van der Waals surface area contributed by atoms with E-state index < -0.39 is 0 Å². The fraction of sp³-hybridized carbons (Fsp3) is 0.318. The molecule has 1 heterocycles. The van der Waals surface area contributed by atoms with Gasteiger partial charge in [0.15, 0.2) is 11.8 Å².